The quantitative estimate of drug-likeness (QED) is 0.482. The van der Waals surface area contributed by atoms with Crippen LogP contribution >= 0.6 is 0 Å². The Hall–Kier alpha value is -3.48. The second-order valence-corrected chi connectivity index (χ2v) is 7.82. The topological polar surface area (TPSA) is 75.3 Å². The Balaban J connectivity index is 1.72. The smallest absolute Gasteiger partial charge is 0.161 e. The lowest BCUT2D eigenvalue weighted by molar-refractivity contribution is 0.475. The molecular formula is C23H24FN5O. The number of aromatic nitrogens is 4. The summed E-state index contributed by atoms with van der Waals surface area (Å²) in [4.78, 5) is 8.72. The van der Waals surface area contributed by atoms with Gasteiger partial charge >= 0.3 is 0 Å². The summed E-state index contributed by atoms with van der Waals surface area (Å²) < 4.78 is 15.5. The Morgan fingerprint density at radius 2 is 1.83 bits per heavy atom. The van der Waals surface area contributed by atoms with Crippen molar-refractivity contribution in [1.29, 1.82) is 0 Å². The molecule has 0 aliphatic heterocycles. The summed E-state index contributed by atoms with van der Waals surface area (Å²) in [5.74, 6) is 0.874. The fourth-order valence-corrected chi connectivity index (χ4v) is 3.48. The second-order valence-electron chi connectivity index (χ2n) is 7.82. The minimum Gasteiger partial charge on any atom is -0.508 e. The Kier molecular flexibility index (Phi) is 5.35. The van der Waals surface area contributed by atoms with E-state index in [4.69, 9.17) is 4.98 Å². The van der Waals surface area contributed by atoms with Crippen LogP contribution < -0.4 is 5.32 Å². The molecular weight excluding hydrogens is 381 g/mol. The Morgan fingerprint density at radius 3 is 2.53 bits per heavy atom. The lowest BCUT2D eigenvalue weighted by Crippen LogP contribution is -2.20. The molecule has 0 aliphatic carbocycles. The maximum atomic E-state index is 13.8. The molecule has 3 heterocycles. The van der Waals surface area contributed by atoms with Gasteiger partial charge in [-0.3, -0.25) is 4.98 Å². The van der Waals surface area contributed by atoms with Gasteiger partial charge in [0.2, 0.25) is 0 Å². The maximum Gasteiger partial charge on any atom is 0.161 e. The van der Waals surface area contributed by atoms with Gasteiger partial charge in [-0.25, -0.2) is 9.37 Å². The Labute approximate surface area is 174 Å². The SMILES string of the molecule is CC(C)c1cnn2c(N[C@H](C)Cc3ccc(O)cc3)cc(-c3cncc(F)c3)nc12. The number of phenols is 1. The van der Waals surface area contributed by atoms with Crippen LogP contribution in [0.1, 0.15) is 37.8 Å². The number of nitrogens with one attached hydrogen (secondary N) is 1. The van der Waals surface area contributed by atoms with E-state index in [1.54, 1.807) is 22.8 Å². The fraction of sp³-hybridized carbons (Fsp3) is 0.261. The first-order valence-electron chi connectivity index (χ1n) is 9.94. The van der Waals surface area contributed by atoms with Crippen LogP contribution in [0, 0.1) is 5.82 Å². The Bertz CT molecular complexity index is 1170. The number of anilines is 1. The fourth-order valence-electron chi connectivity index (χ4n) is 3.48. The van der Waals surface area contributed by atoms with Crippen LogP contribution in [-0.4, -0.2) is 30.7 Å². The van der Waals surface area contributed by atoms with Crippen LogP contribution in [0.15, 0.2) is 55.0 Å². The third-order valence-corrected chi connectivity index (χ3v) is 4.99. The molecule has 7 heteroatoms. The number of hydrogen-bond donors (Lipinski definition) is 2. The highest BCUT2D eigenvalue weighted by Gasteiger charge is 2.16. The van der Waals surface area contributed by atoms with Gasteiger partial charge in [-0.05, 0) is 43.0 Å². The van der Waals surface area contributed by atoms with Crippen molar-refractivity contribution >= 4 is 11.5 Å². The molecule has 0 bridgehead atoms. The van der Waals surface area contributed by atoms with Crippen molar-refractivity contribution in [1.82, 2.24) is 19.6 Å². The first-order chi connectivity index (χ1) is 14.4. The molecule has 2 N–H and O–H groups in total. The number of benzene rings is 1. The van der Waals surface area contributed by atoms with E-state index < -0.39 is 5.82 Å². The molecule has 0 radical (unpaired) electrons. The zero-order chi connectivity index (χ0) is 21.3. The molecule has 0 saturated carbocycles. The van der Waals surface area contributed by atoms with Crippen molar-refractivity contribution < 1.29 is 9.50 Å². The zero-order valence-corrected chi connectivity index (χ0v) is 17.2. The first-order valence-corrected chi connectivity index (χ1v) is 9.94. The van der Waals surface area contributed by atoms with E-state index in [0.717, 1.165) is 29.0 Å². The van der Waals surface area contributed by atoms with Gasteiger partial charge in [-0.1, -0.05) is 26.0 Å². The molecule has 30 heavy (non-hydrogen) atoms. The van der Waals surface area contributed by atoms with Crippen molar-refractivity contribution in [2.45, 2.75) is 39.2 Å². The average molecular weight is 405 g/mol. The minimum atomic E-state index is -0.401. The maximum absolute atomic E-state index is 13.8. The van der Waals surface area contributed by atoms with Crippen molar-refractivity contribution in [3.05, 3.63) is 71.9 Å². The second kappa shape index (κ2) is 8.10. The van der Waals surface area contributed by atoms with E-state index in [-0.39, 0.29) is 17.7 Å². The normalized spacial score (nSPS) is 12.4. The largest absolute Gasteiger partial charge is 0.508 e. The van der Waals surface area contributed by atoms with E-state index in [1.165, 1.54) is 12.3 Å². The van der Waals surface area contributed by atoms with Crippen LogP contribution in [-0.2, 0) is 6.42 Å². The van der Waals surface area contributed by atoms with E-state index in [2.05, 4.69) is 36.2 Å². The van der Waals surface area contributed by atoms with Crippen LogP contribution in [0.5, 0.6) is 5.75 Å². The summed E-state index contributed by atoms with van der Waals surface area (Å²) in [6.07, 6.45) is 5.38. The molecule has 0 amide bonds. The number of fused-ring (bicyclic) bond motifs is 1. The first kappa shape index (κ1) is 19.8. The van der Waals surface area contributed by atoms with Gasteiger partial charge in [0.15, 0.2) is 5.65 Å². The summed E-state index contributed by atoms with van der Waals surface area (Å²) >= 11 is 0. The number of aromatic hydroxyl groups is 1. The molecule has 0 aliphatic rings. The third-order valence-electron chi connectivity index (χ3n) is 4.99. The lowest BCUT2D eigenvalue weighted by Gasteiger charge is -2.17. The van der Waals surface area contributed by atoms with Crippen LogP contribution in [0.3, 0.4) is 0 Å². The summed E-state index contributed by atoms with van der Waals surface area (Å²) in [5, 5.41) is 17.5. The van der Waals surface area contributed by atoms with E-state index in [1.807, 2.05) is 24.4 Å². The van der Waals surface area contributed by atoms with Gasteiger partial charge in [0, 0.05) is 29.4 Å². The van der Waals surface area contributed by atoms with Crippen LogP contribution in [0.2, 0.25) is 0 Å². The van der Waals surface area contributed by atoms with E-state index in [0.29, 0.717) is 11.3 Å². The highest BCUT2D eigenvalue weighted by atomic mass is 19.1. The number of pyridine rings is 1. The van der Waals surface area contributed by atoms with E-state index >= 15 is 0 Å². The summed E-state index contributed by atoms with van der Waals surface area (Å²) in [7, 11) is 0. The van der Waals surface area contributed by atoms with Crippen molar-refractivity contribution in [2.24, 2.45) is 0 Å². The predicted octanol–water partition coefficient (Wildman–Crippen LogP) is 4.80. The summed E-state index contributed by atoms with van der Waals surface area (Å²) in [6.45, 7) is 6.26. The standard InChI is InChI=1S/C23H24FN5O/c1-14(2)20-13-26-29-22(27-15(3)8-16-4-6-19(30)7-5-16)10-21(28-23(20)29)17-9-18(24)12-25-11-17/h4-7,9-15,27,30H,8H2,1-3H3/t15-/m1/s1. The molecule has 0 saturated heterocycles. The number of rotatable bonds is 6. The molecule has 6 nitrogen and oxygen atoms in total. The van der Waals surface area contributed by atoms with Crippen molar-refractivity contribution in [3.63, 3.8) is 0 Å². The number of halogens is 1. The molecule has 0 unspecified atom stereocenters. The number of hydrogen-bond acceptors (Lipinski definition) is 5. The van der Waals surface area contributed by atoms with Crippen LogP contribution in [0.25, 0.3) is 16.9 Å². The molecule has 1 atom stereocenters. The highest BCUT2D eigenvalue weighted by Crippen LogP contribution is 2.27. The van der Waals surface area contributed by atoms with Gasteiger partial charge < -0.3 is 10.4 Å². The monoisotopic (exact) mass is 405 g/mol. The zero-order valence-electron chi connectivity index (χ0n) is 17.2. The molecule has 0 fully saturated rings. The Morgan fingerprint density at radius 1 is 1.07 bits per heavy atom. The van der Waals surface area contributed by atoms with Crippen molar-refractivity contribution in [3.8, 4) is 17.0 Å². The number of phenolic OH excluding ortho intramolecular Hbond substituents is 1. The van der Waals surface area contributed by atoms with Crippen LogP contribution in [0.4, 0.5) is 10.2 Å². The molecule has 4 rings (SSSR count). The third kappa shape index (κ3) is 4.10. The van der Waals surface area contributed by atoms with E-state index in [9.17, 15) is 9.50 Å². The predicted molar refractivity (Wildman–Crippen MR) is 115 cm³/mol. The molecule has 4 aromatic rings. The minimum absolute atomic E-state index is 0.0883. The average Bonchev–Trinajstić information content (AvgIpc) is 3.14. The highest BCUT2D eigenvalue weighted by molar-refractivity contribution is 5.67. The number of nitrogens with zero attached hydrogens (tertiary/aromatic N) is 4. The lowest BCUT2D eigenvalue weighted by atomic mass is 10.1. The molecule has 3 aromatic heterocycles. The van der Waals surface area contributed by atoms with Gasteiger partial charge in [0.25, 0.3) is 0 Å². The van der Waals surface area contributed by atoms with Gasteiger partial charge in [-0.2, -0.15) is 9.61 Å². The van der Waals surface area contributed by atoms with Gasteiger partial charge in [0.05, 0.1) is 18.1 Å². The summed E-state index contributed by atoms with van der Waals surface area (Å²) in [5.41, 5.74) is 4.12. The molecule has 1 aromatic carbocycles. The summed E-state index contributed by atoms with van der Waals surface area (Å²) in [6, 6.07) is 10.6. The molecule has 154 valence electrons. The van der Waals surface area contributed by atoms with Gasteiger partial charge in [0.1, 0.15) is 17.4 Å². The van der Waals surface area contributed by atoms with Gasteiger partial charge in [-0.15, -0.1) is 0 Å². The molecule has 0 spiro atoms. The van der Waals surface area contributed by atoms with Crippen molar-refractivity contribution in [2.75, 3.05) is 5.32 Å².